The summed E-state index contributed by atoms with van der Waals surface area (Å²) in [5, 5.41) is 7.80. The molecule has 39 heavy (non-hydrogen) atoms. The third kappa shape index (κ3) is 3.12. The van der Waals surface area contributed by atoms with E-state index in [1.807, 2.05) is 0 Å². The molecule has 1 aliphatic carbocycles. The normalized spacial score (nSPS) is 13.6. The van der Waals surface area contributed by atoms with E-state index >= 15 is 0 Å². The van der Waals surface area contributed by atoms with E-state index in [2.05, 4.69) is 147 Å². The van der Waals surface area contributed by atoms with Crippen molar-refractivity contribution in [3.05, 3.63) is 145 Å². The average Bonchev–Trinajstić information content (AvgIpc) is 3.21. The van der Waals surface area contributed by atoms with Gasteiger partial charge >= 0.3 is 0 Å². The lowest BCUT2D eigenvalue weighted by Gasteiger charge is -2.22. The Labute approximate surface area is 229 Å². The Morgan fingerprint density at radius 2 is 0.923 bits per heavy atom. The molecule has 0 atom stereocenters. The SMILES string of the molecule is CC1(C)c2cc3ccccc3cc2-c2c(-c3c4ccccc4c(-c4ccccc4)c4ccccc34)cccc21. The van der Waals surface area contributed by atoms with E-state index in [1.165, 1.54) is 76.8 Å². The van der Waals surface area contributed by atoms with Gasteiger partial charge in [0, 0.05) is 5.41 Å². The van der Waals surface area contributed by atoms with Crippen LogP contribution in [0.5, 0.6) is 0 Å². The molecule has 0 heterocycles. The van der Waals surface area contributed by atoms with Crippen molar-refractivity contribution in [2.45, 2.75) is 19.3 Å². The van der Waals surface area contributed by atoms with E-state index in [-0.39, 0.29) is 5.41 Å². The number of fused-ring (bicyclic) bond motifs is 6. The van der Waals surface area contributed by atoms with Crippen LogP contribution in [0, 0.1) is 0 Å². The molecule has 0 fully saturated rings. The zero-order valence-corrected chi connectivity index (χ0v) is 22.2. The van der Waals surface area contributed by atoms with Crippen LogP contribution in [0.2, 0.25) is 0 Å². The van der Waals surface area contributed by atoms with Crippen molar-refractivity contribution < 1.29 is 0 Å². The molecule has 0 radical (unpaired) electrons. The molecule has 0 amide bonds. The molecular formula is C39H28. The summed E-state index contributed by atoms with van der Waals surface area (Å²) in [7, 11) is 0. The van der Waals surface area contributed by atoms with E-state index in [1.54, 1.807) is 0 Å². The van der Waals surface area contributed by atoms with E-state index in [0.29, 0.717) is 0 Å². The van der Waals surface area contributed by atoms with Crippen molar-refractivity contribution in [3.63, 3.8) is 0 Å². The van der Waals surface area contributed by atoms with Crippen LogP contribution in [0.15, 0.2) is 133 Å². The Morgan fingerprint density at radius 3 is 1.56 bits per heavy atom. The fourth-order valence-corrected chi connectivity index (χ4v) is 7.02. The first kappa shape index (κ1) is 22.3. The van der Waals surface area contributed by atoms with Crippen LogP contribution in [-0.2, 0) is 5.41 Å². The van der Waals surface area contributed by atoms with Gasteiger partial charge in [0.2, 0.25) is 0 Å². The van der Waals surface area contributed by atoms with Crippen LogP contribution in [-0.4, -0.2) is 0 Å². The number of hydrogen-bond donors (Lipinski definition) is 0. The zero-order chi connectivity index (χ0) is 26.1. The van der Waals surface area contributed by atoms with Crippen LogP contribution < -0.4 is 0 Å². The maximum atomic E-state index is 2.42. The van der Waals surface area contributed by atoms with Gasteiger partial charge < -0.3 is 0 Å². The first-order chi connectivity index (χ1) is 19.1. The van der Waals surface area contributed by atoms with Crippen molar-refractivity contribution in [3.8, 4) is 33.4 Å². The highest BCUT2D eigenvalue weighted by molar-refractivity contribution is 6.22. The van der Waals surface area contributed by atoms with Crippen LogP contribution in [0.1, 0.15) is 25.0 Å². The van der Waals surface area contributed by atoms with E-state index in [0.717, 1.165) is 0 Å². The van der Waals surface area contributed by atoms with Crippen molar-refractivity contribution in [2.24, 2.45) is 0 Å². The lowest BCUT2D eigenvalue weighted by molar-refractivity contribution is 0.661. The molecular weight excluding hydrogens is 468 g/mol. The summed E-state index contributed by atoms with van der Waals surface area (Å²) in [5.41, 5.74) is 10.7. The van der Waals surface area contributed by atoms with E-state index < -0.39 is 0 Å². The molecule has 0 bridgehead atoms. The van der Waals surface area contributed by atoms with E-state index in [4.69, 9.17) is 0 Å². The second-order valence-corrected chi connectivity index (χ2v) is 11.3. The summed E-state index contributed by atoms with van der Waals surface area (Å²) in [6, 6.07) is 49.3. The van der Waals surface area contributed by atoms with Gasteiger partial charge in [-0.15, -0.1) is 0 Å². The molecule has 0 aromatic heterocycles. The minimum atomic E-state index is -0.0692. The summed E-state index contributed by atoms with van der Waals surface area (Å²) in [6.07, 6.45) is 0. The molecule has 7 aromatic rings. The Balaban J connectivity index is 1.54. The van der Waals surface area contributed by atoms with Gasteiger partial charge in [0.15, 0.2) is 0 Å². The van der Waals surface area contributed by atoms with Crippen molar-refractivity contribution in [2.75, 3.05) is 0 Å². The molecule has 0 heteroatoms. The predicted octanol–water partition coefficient (Wildman–Crippen LogP) is 10.8. The Bertz CT molecular complexity index is 2020. The molecule has 0 nitrogen and oxygen atoms in total. The van der Waals surface area contributed by atoms with Crippen molar-refractivity contribution in [1.29, 1.82) is 0 Å². The predicted molar refractivity (Wildman–Crippen MR) is 167 cm³/mol. The van der Waals surface area contributed by atoms with E-state index in [9.17, 15) is 0 Å². The van der Waals surface area contributed by atoms with Crippen LogP contribution in [0.25, 0.3) is 65.7 Å². The smallest absolute Gasteiger partial charge is 0.0159 e. The fourth-order valence-electron chi connectivity index (χ4n) is 7.02. The van der Waals surface area contributed by atoms with Crippen LogP contribution >= 0.6 is 0 Å². The van der Waals surface area contributed by atoms with Gasteiger partial charge in [0.05, 0.1) is 0 Å². The highest BCUT2D eigenvalue weighted by Gasteiger charge is 2.37. The molecule has 7 aromatic carbocycles. The van der Waals surface area contributed by atoms with Gasteiger partial charge in [-0.05, 0) is 89.0 Å². The van der Waals surface area contributed by atoms with Crippen molar-refractivity contribution in [1.82, 2.24) is 0 Å². The number of benzene rings is 7. The van der Waals surface area contributed by atoms with Gasteiger partial charge in [-0.3, -0.25) is 0 Å². The summed E-state index contributed by atoms with van der Waals surface area (Å²) < 4.78 is 0. The molecule has 1 aliphatic rings. The lowest BCUT2D eigenvalue weighted by atomic mass is 9.80. The summed E-state index contributed by atoms with van der Waals surface area (Å²) in [4.78, 5) is 0. The molecule has 0 aliphatic heterocycles. The lowest BCUT2D eigenvalue weighted by Crippen LogP contribution is -2.14. The Hall–Kier alpha value is -4.68. The number of hydrogen-bond acceptors (Lipinski definition) is 0. The molecule has 0 unspecified atom stereocenters. The van der Waals surface area contributed by atoms with Gasteiger partial charge in [0.1, 0.15) is 0 Å². The first-order valence-corrected chi connectivity index (χ1v) is 13.8. The van der Waals surface area contributed by atoms with Gasteiger partial charge in [-0.1, -0.05) is 135 Å². The Morgan fingerprint density at radius 1 is 0.385 bits per heavy atom. The second kappa shape index (κ2) is 8.16. The van der Waals surface area contributed by atoms with Gasteiger partial charge in [0.25, 0.3) is 0 Å². The largest absolute Gasteiger partial charge is 0.0622 e. The van der Waals surface area contributed by atoms with Gasteiger partial charge in [-0.2, -0.15) is 0 Å². The minimum absolute atomic E-state index is 0.0692. The monoisotopic (exact) mass is 496 g/mol. The minimum Gasteiger partial charge on any atom is -0.0622 e. The fraction of sp³-hybridized carbons (Fsp3) is 0.0769. The third-order valence-electron chi connectivity index (χ3n) is 8.83. The highest BCUT2D eigenvalue weighted by atomic mass is 14.4. The summed E-state index contributed by atoms with van der Waals surface area (Å²) in [6.45, 7) is 4.76. The van der Waals surface area contributed by atoms with Crippen molar-refractivity contribution >= 4 is 32.3 Å². The average molecular weight is 497 g/mol. The third-order valence-corrected chi connectivity index (χ3v) is 8.83. The molecule has 8 rings (SSSR count). The van der Waals surface area contributed by atoms with Gasteiger partial charge in [-0.25, -0.2) is 0 Å². The zero-order valence-electron chi connectivity index (χ0n) is 22.2. The second-order valence-electron chi connectivity index (χ2n) is 11.3. The van der Waals surface area contributed by atoms with Crippen LogP contribution in [0.4, 0.5) is 0 Å². The summed E-state index contributed by atoms with van der Waals surface area (Å²) >= 11 is 0. The summed E-state index contributed by atoms with van der Waals surface area (Å²) in [5.74, 6) is 0. The number of rotatable bonds is 2. The molecule has 0 spiro atoms. The topological polar surface area (TPSA) is 0 Å². The molecule has 0 N–H and O–H groups in total. The molecule has 0 saturated carbocycles. The molecule has 0 saturated heterocycles. The maximum Gasteiger partial charge on any atom is 0.0159 e. The quantitative estimate of drug-likeness (QED) is 0.209. The molecule has 184 valence electrons. The highest BCUT2D eigenvalue weighted by Crippen LogP contribution is 2.55. The maximum absolute atomic E-state index is 2.42. The first-order valence-electron chi connectivity index (χ1n) is 13.8. The van der Waals surface area contributed by atoms with Crippen LogP contribution in [0.3, 0.4) is 0 Å². The Kier molecular flexibility index (Phi) is 4.67. The standard InChI is InChI=1S/C39H28/c1-39(2)34-22-12-21-32(38(34)33-23-26-15-6-7-16-27(26)24-35(33)39)37-30-19-10-8-17-28(30)36(25-13-4-3-5-14-25)29-18-9-11-20-31(29)37/h3-24H,1-2H3.